The SMILES string of the molecule is CC(C)N(CCC(N)=O)CC1CCCNC1. The summed E-state index contributed by atoms with van der Waals surface area (Å²) in [5.41, 5.74) is 5.20. The topological polar surface area (TPSA) is 58.4 Å². The van der Waals surface area contributed by atoms with Crippen molar-refractivity contribution >= 4 is 5.91 Å². The number of hydrogen-bond donors (Lipinski definition) is 2. The van der Waals surface area contributed by atoms with Crippen LogP contribution in [-0.2, 0) is 4.79 Å². The maximum atomic E-state index is 10.8. The molecule has 4 heteroatoms. The van der Waals surface area contributed by atoms with Crippen molar-refractivity contribution in [3.8, 4) is 0 Å². The van der Waals surface area contributed by atoms with Gasteiger partial charge in [0.25, 0.3) is 0 Å². The molecular weight excluding hydrogens is 202 g/mol. The second-order valence-electron chi connectivity index (χ2n) is 5.02. The van der Waals surface area contributed by atoms with E-state index in [1.54, 1.807) is 0 Å². The lowest BCUT2D eigenvalue weighted by molar-refractivity contribution is -0.118. The summed E-state index contributed by atoms with van der Waals surface area (Å²) in [6.07, 6.45) is 3.04. The second-order valence-corrected chi connectivity index (χ2v) is 5.02. The van der Waals surface area contributed by atoms with Gasteiger partial charge in [-0.3, -0.25) is 4.79 Å². The van der Waals surface area contributed by atoms with Gasteiger partial charge in [-0.2, -0.15) is 0 Å². The van der Waals surface area contributed by atoms with Gasteiger partial charge in [0.05, 0.1) is 0 Å². The molecule has 0 radical (unpaired) electrons. The number of hydrogen-bond acceptors (Lipinski definition) is 3. The van der Waals surface area contributed by atoms with E-state index >= 15 is 0 Å². The third-order valence-corrected chi connectivity index (χ3v) is 3.27. The monoisotopic (exact) mass is 227 g/mol. The molecule has 4 nitrogen and oxygen atoms in total. The summed E-state index contributed by atoms with van der Waals surface area (Å²) in [4.78, 5) is 13.2. The van der Waals surface area contributed by atoms with Crippen molar-refractivity contribution in [1.82, 2.24) is 10.2 Å². The van der Waals surface area contributed by atoms with Gasteiger partial charge in [-0.15, -0.1) is 0 Å². The number of carbonyl (C=O) groups excluding carboxylic acids is 1. The Bertz CT molecular complexity index is 212. The van der Waals surface area contributed by atoms with E-state index in [0.29, 0.717) is 12.5 Å². The van der Waals surface area contributed by atoms with E-state index in [0.717, 1.165) is 32.1 Å². The van der Waals surface area contributed by atoms with Crippen LogP contribution < -0.4 is 11.1 Å². The predicted octanol–water partition coefficient (Wildman–Crippen LogP) is 0.572. The van der Waals surface area contributed by atoms with Gasteiger partial charge in [0.2, 0.25) is 5.91 Å². The Balaban J connectivity index is 2.34. The van der Waals surface area contributed by atoms with Crippen LogP contribution in [0.1, 0.15) is 33.1 Å². The fraction of sp³-hybridized carbons (Fsp3) is 0.917. The lowest BCUT2D eigenvalue weighted by Gasteiger charge is -2.32. The number of rotatable bonds is 6. The molecule has 1 saturated heterocycles. The molecular formula is C12H25N3O. The van der Waals surface area contributed by atoms with Crippen LogP contribution in [0.3, 0.4) is 0 Å². The number of nitrogens with one attached hydrogen (secondary N) is 1. The molecule has 0 aliphatic carbocycles. The van der Waals surface area contributed by atoms with Gasteiger partial charge < -0.3 is 16.0 Å². The molecule has 1 amide bonds. The number of nitrogens with two attached hydrogens (primary N) is 1. The molecule has 1 rings (SSSR count). The van der Waals surface area contributed by atoms with Crippen LogP contribution in [0.4, 0.5) is 0 Å². The Kier molecular flexibility index (Phi) is 5.77. The number of primary amides is 1. The highest BCUT2D eigenvalue weighted by Crippen LogP contribution is 2.13. The van der Waals surface area contributed by atoms with Gasteiger partial charge in [0.1, 0.15) is 0 Å². The van der Waals surface area contributed by atoms with Gasteiger partial charge in [0, 0.05) is 25.6 Å². The largest absolute Gasteiger partial charge is 0.370 e. The Morgan fingerprint density at radius 3 is 2.81 bits per heavy atom. The Labute approximate surface area is 98.6 Å². The minimum absolute atomic E-state index is 0.201. The molecule has 0 saturated carbocycles. The van der Waals surface area contributed by atoms with Crippen LogP contribution in [0.2, 0.25) is 0 Å². The standard InChI is InChI=1S/C12H25N3O/c1-10(2)15(7-5-12(13)16)9-11-4-3-6-14-8-11/h10-11,14H,3-9H2,1-2H3,(H2,13,16). The minimum Gasteiger partial charge on any atom is -0.370 e. The molecule has 1 fully saturated rings. The summed E-state index contributed by atoms with van der Waals surface area (Å²) in [7, 11) is 0. The van der Waals surface area contributed by atoms with Gasteiger partial charge in [0.15, 0.2) is 0 Å². The van der Waals surface area contributed by atoms with Crippen molar-refractivity contribution in [2.24, 2.45) is 11.7 Å². The lowest BCUT2D eigenvalue weighted by atomic mass is 9.98. The Morgan fingerprint density at radius 2 is 2.31 bits per heavy atom. The molecule has 1 unspecified atom stereocenters. The van der Waals surface area contributed by atoms with E-state index in [1.807, 2.05) is 0 Å². The molecule has 1 atom stereocenters. The molecule has 0 aromatic carbocycles. The van der Waals surface area contributed by atoms with Crippen LogP contribution in [0.25, 0.3) is 0 Å². The first-order chi connectivity index (χ1) is 7.59. The molecule has 0 aromatic heterocycles. The highest BCUT2D eigenvalue weighted by molar-refractivity contribution is 5.73. The highest BCUT2D eigenvalue weighted by atomic mass is 16.1. The summed E-state index contributed by atoms with van der Waals surface area (Å²) >= 11 is 0. The van der Waals surface area contributed by atoms with Crippen LogP contribution in [0.5, 0.6) is 0 Å². The Hall–Kier alpha value is -0.610. The van der Waals surface area contributed by atoms with Crippen molar-refractivity contribution in [3.05, 3.63) is 0 Å². The highest BCUT2D eigenvalue weighted by Gasteiger charge is 2.18. The Morgan fingerprint density at radius 1 is 1.56 bits per heavy atom. The average molecular weight is 227 g/mol. The van der Waals surface area contributed by atoms with Crippen molar-refractivity contribution in [3.63, 3.8) is 0 Å². The van der Waals surface area contributed by atoms with Gasteiger partial charge in [-0.25, -0.2) is 0 Å². The number of piperidine rings is 1. The number of amides is 1. The maximum Gasteiger partial charge on any atom is 0.218 e. The van der Waals surface area contributed by atoms with Gasteiger partial charge in [-0.05, 0) is 45.7 Å². The fourth-order valence-corrected chi connectivity index (χ4v) is 2.23. The zero-order chi connectivity index (χ0) is 12.0. The van der Waals surface area contributed by atoms with E-state index in [-0.39, 0.29) is 5.91 Å². The summed E-state index contributed by atoms with van der Waals surface area (Å²) in [6, 6.07) is 0.487. The smallest absolute Gasteiger partial charge is 0.218 e. The first kappa shape index (κ1) is 13.5. The number of carbonyl (C=O) groups is 1. The first-order valence-corrected chi connectivity index (χ1v) is 6.32. The van der Waals surface area contributed by atoms with E-state index in [9.17, 15) is 4.79 Å². The molecule has 3 N–H and O–H groups in total. The minimum atomic E-state index is -0.201. The maximum absolute atomic E-state index is 10.8. The van der Waals surface area contributed by atoms with Crippen LogP contribution >= 0.6 is 0 Å². The molecule has 1 heterocycles. The molecule has 94 valence electrons. The van der Waals surface area contributed by atoms with Crippen molar-refractivity contribution < 1.29 is 4.79 Å². The second kappa shape index (κ2) is 6.86. The van der Waals surface area contributed by atoms with E-state index in [4.69, 9.17) is 5.73 Å². The van der Waals surface area contributed by atoms with Crippen molar-refractivity contribution in [2.45, 2.75) is 39.2 Å². The molecule has 0 aromatic rings. The molecule has 16 heavy (non-hydrogen) atoms. The summed E-state index contributed by atoms with van der Waals surface area (Å²) in [5, 5.41) is 3.43. The predicted molar refractivity (Wildman–Crippen MR) is 66.1 cm³/mol. The molecule has 1 aliphatic heterocycles. The summed E-state index contributed by atoms with van der Waals surface area (Å²) in [6.45, 7) is 8.50. The third kappa shape index (κ3) is 4.94. The van der Waals surface area contributed by atoms with Gasteiger partial charge >= 0.3 is 0 Å². The average Bonchev–Trinajstić information content (AvgIpc) is 2.25. The van der Waals surface area contributed by atoms with E-state index in [2.05, 4.69) is 24.1 Å². The van der Waals surface area contributed by atoms with Gasteiger partial charge in [-0.1, -0.05) is 0 Å². The van der Waals surface area contributed by atoms with E-state index in [1.165, 1.54) is 12.8 Å². The molecule has 0 bridgehead atoms. The zero-order valence-electron chi connectivity index (χ0n) is 10.5. The molecule has 1 aliphatic rings. The lowest BCUT2D eigenvalue weighted by Crippen LogP contribution is -2.42. The summed E-state index contributed by atoms with van der Waals surface area (Å²) in [5.74, 6) is 0.524. The number of nitrogens with zero attached hydrogens (tertiary/aromatic N) is 1. The fourth-order valence-electron chi connectivity index (χ4n) is 2.23. The van der Waals surface area contributed by atoms with Crippen LogP contribution in [-0.4, -0.2) is 43.0 Å². The normalized spacial score (nSPS) is 21.6. The van der Waals surface area contributed by atoms with E-state index < -0.39 is 0 Å². The van der Waals surface area contributed by atoms with Crippen molar-refractivity contribution in [1.29, 1.82) is 0 Å². The quantitative estimate of drug-likeness (QED) is 0.697. The molecule has 0 spiro atoms. The third-order valence-electron chi connectivity index (χ3n) is 3.27. The van der Waals surface area contributed by atoms with Crippen LogP contribution in [0, 0.1) is 5.92 Å². The van der Waals surface area contributed by atoms with Crippen LogP contribution in [0.15, 0.2) is 0 Å². The zero-order valence-corrected chi connectivity index (χ0v) is 10.5. The summed E-state index contributed by atoms with van der Waals surface area (Å²) < 4.78 is 0. The first-order valence-electron chi connectivity index (χ1n) is 6.32. The van der Waals surface area contributed by atoms with Crippen molar-refractivity contribution in [2.75, 3.05) is 26.2 Å².